The molecule has 0 amide bonds. The van der Waals surface area contributed by atoms with E-state index in [1.54, 1.807) is 0 Å². The molecule has 2 heterocycles. The van der Waals surface area contributed by atoms with Crippen LogP contribution in [-0.4, -0.2) is 36.1 Å². The minimum absolute atomic E-state index is 0.857. The number of aromatic nitrogens is 2. The minimum atomic E-state index is 0.857. The van der Waals surface area contributed by atoms with E-state index in [9.17, 15) is 0 Å². The second-order valence-electron chi connectivity index (χ2n) is 5.76. The Morgan fingerprint density at radius 3 is 2.33 bits per heavy atom. The molecule has 1 aliphatic heterocycles. The summed E-state index contributed by atoms with van der Waals surface area (Å²) in [6.07, 6.45) is 1.84. The lowest BCUT2D eigenvalue weighted by Crippen LogP contribution is -2.47. The van der Waals surface area contributed by atoms with Crippen molar-refractivity contribution in [2.24, 2.45) is 0 Å². The minimum Gasteiger partial charge on any atom is -0.368 e. The van der Waals surface area contributed by atoms with Crippen molar-refractivity contribution in [3.63, 3.8) is 0 Å². The summed E-state index contributed by atoms with van der Waals surface area (Å²) in [6.45, 7) is 10.3. The van der Waals surface area contributed by atoms with Crippen molar-refractivity contribution in [3.05, 3.63) is 47.3 Å². The standard InChI is InChI=1S/C17H22N4/c1-13-4-5-14(2)16(12-13)20-8-10-21(11-9-20)17-18-7-6-15(3)19-17/h4-7,12H,8-11H2,1-3H3. The van der Waals surface area contributed by atoms with E-state index in [0.29, 0.717) is 0 Å². The molecule has 110 valence electrons. The highest BCUT2D eigenvalue weighted by Gasteiger charge is 2.20. The Hall–Kier alpha value is -2.10. The molecule has 1 saturated heterocycles. The molecule has 0 spiro atoms. The molecule has 1 fully saturated rings. The molecule has 0 unspecified atom stereocenters. The lowest BCUT2D eigenvalue weighted by molar-refractivity contribution is 0.638. The van der Waals surface area contributed by atoms with Gasteiger partial charge in [-0.05, 0) is 44.0 Å². The second-order valence-corrected chi connectivity index (χ2v) is 5.76. The zero-order chi connectivity index (χ0) is 14.8. The van der Waals surface area contributed by atoms with Crippen LogP contribution in [-0.2, 0) is 0 Å². The van der Waals surface area contributed by atoms with Crippen LogP contribution in [0, 0.1) is 20.8 Å². The number of hydrogen-bond acceptors (Lipinski definition) is 4. The van der Waals surface area contributed by atoms with Crippen LogP contribution < -0.4 is 9.80 Å². The van der Waals surface area contributed by atoms with E-state index < -0.39 is 0 Å². The molecule has 0 saturated carbocycles. The van der Waals surface area contributed by atoms with Crippen molar-refractivity contribution in [1.29, 1.82) is 0 Å². The molecular weight excluding hydrogens is 260 g/mol. The highest BCUT2D eigenvalue weighted by atomic mass is 15.3. The number of aryl methyl sites for hydroxylation is 3. The van der Waals surface area contributed by atoms with Gasteiger partial charge in [0.05, 0.1) is 0 Å². The molecule has 0 N–H and O–H groups in total. The molecule has 3 rings (SSSR count). The van der Waals surface area contributed by atoms with Crippen LogP contribution in [0.25, 0.3) is 0 Å². The van der Waals surface area contributed by atoms with Gasteiger partial charge in [-0.15, -0.1) is 0 Å². The molecule has 0 bridgehead atoms. The number of rotatable bonds is 2. The van der Waals surface area contributed by atoms with Gasteiger partial charge in [-0.2, -0.15) is 0 Å². The van der Waals surface area contributed by atoms with Crippen molar-refractivity contribution in [2.45, 2.75) is 20.8 Å². The maximum Gasteiger partial charge on any atom is 0.225 e. The molecule has 4 nitrogen and oxygen atoms in total. The number of benzene rings is 1. The molecule has 21 heavy (non-hydrogen) atoms. The summed E-state index contributed by atoms with van der Waals surface area (Å²) < 4.78 is 0. The summed E-state index contributed by atoms with van der Waals surface area (Å²) in [5, 5.41) is 0. The Bertz CT molecular complexity index is 630. The zero-order valence-corrected chi connectivity index (χ0v) is 13.0. The summed E-state index contributed by atoms with van der Waals surface area (Å²) >= 11 is 0. The fourth-order valence-electron chi connectivity index (χ4n) is 2.80. The second kappa shape index (κ2) is 5.72. The smallest absolute Gasteiger partial charge is 0.225 e. The van der Waals surface area contributed by atoms with Crippen LogP contribution >= 0.6 is 0 Å². The van der Waals surface area contributed by atoms with Crippen molar-refractivity contribution in [3.8, 4) is 0 Å². The van der Waals surface area contributed by atoms with Gasteiger partial charge in [-0.1, -0.05) is 12.1 Å². The summed E-state index contributed by atoms with van der Waals surface area (Å²) in [4.78, 5) is 13.7. The van der Waals surface area contributed by atoms with Crippen molar-refractivity contribution in [1.82, 2.24) is 9.97 Å². The lowest BCUT2D eigenvalue weighted by atomic mass is 10.1. The van der Waals surface area contributed by atoms with E-state index >= 15 is 0 Å². The number of anilines is 2. The predicted molar refractivity (Wildman–Crippen MR) is 87.1 cm³/mol. The first-order valence-corrected chi connectivity index (χ1v) is 7.50. The molecule has 1 aromatic heterocycles. The van der Waals surface area contributed by atoms with Gasteiger partial charge in [0.2, 0.25) is 5.95 Å². The Labute approximate surface area is 126 Å². The highest BCUT2D eigenvalue weighted by Crippen LogP contribution is 2.23. The van der Waals surface area contributed by atoms with E-state index in [-0.39, 0.29) is 0 Å². The first-order valence-electron chi connectivity index (χ1n) is 7.50. The summed E-state index contributed by atoms with van der Waals surface area (Å²) in [7, 11) is 0. The van der Waals surface area contributed by atoms with Gasteiger partial charge in [0.1, 0.15) is 0 Å². The maximum atomic E-state index is 4.52. The Balaban J connectivity index is 1.72. The first-order chi connectivity index (χ1) is 10.1. The molecule has 2 aromatic rings. The van der Waals surface area contributed by atoms with E-state index in [2.05, 4.69) is 51.8 Å². The predicted octanol–water partition coefficient (Wildman–Crippen LogP) is 2.73. The monoisotopic (exact) mass is 282 g/mol. The van der Waals surface area contributed by atoms with E-state index in [1.165, 1.54) is 16.8 Å². The van der Waals surface area contributed by atoms with Gasteiger partial charge in [-0.3, -0.25) is 0 Å². The average Bonchev–Trinajstić information content (AvgIpc) is 2.50. The van der Waals surface area contributed by atoms with Gasteiger partial charge in [0.25, 0.3) is 0 Å². The van der Waals surface area contributed by atoms with Gasteiger partial charge in [0, 0.05) is 43.8 Å². The Kier molecular flexibility index (Phi) is 3.78. The van der Waals surface area contributed by atoms with Crippen LogP contribution in [0.1, 0.15) is 16.8 Å². The quantitative estimate of drug-likeness (QED) is 0.848. The first kappa shape index (κ1) is 13.9. The molecule has 0 radical (unpaired) electrons. The fraction of sp³-hybridized carbons (Fsp3) is 0.412. The third kappa shape index (κ3) is 2.99. The normalized spacial score (nSPS) is 15.4. The largest absolute Gasteiger partial charge is 0.368 e. The fourth-order valence-corrected chi connectivity index (χ4v) is 2.80. The van der Waals surface area contributed by atoms with Crippen molar-refractivity contribution >= 4 is 11.6 Å². The van der Waals surface area contributed by atoms with Gasteiger partial charge in [-0.25, -0.2) is 9.97 Å². The summed E-state index contributed by atoms with van der Waals surface area (Å²) in [5.74, 6) is 0.857. The number of hydrogen-bond donors (Lipinski definition) is 0. The van der Waals surface area contributed by atoms with E-state index in [4.69, 9.17) is 0 Å². The number of piperazine rings is 1. The topological polar surface area (TPSA) is 32.3 Å². The molecule has 0 aliphatic carbocycles. The van der Waals surface area contributed by atoms with Crippen molar-refractivity contribution in [2.75, 3.05) is 36.0 Å². The Morgan fingerprint density at radius 1 is 0.905 bits per heavy atom. The number of nitrogens with zero attached hydrogens (tertiary/aromatic N) is 4. The van der Waals surface area contributed by atoms with Crippen LogP contribution in [0.3, 0.4) is 0 Å². The van der Waals surface area contributed by atoms with Crippen LogP contribution in [0.2, 0.25) is 0 Å². The molecule has 4 heteroatoms. The van der Waals surface area contributed by atoms with E-state index in [1.807, 2.05) is 19.2 Å². The molecule has 1 aliphatic rings. The van der Waals surface area contributed by atoms with Gasteiger partial charge >= 0.3 is 0 Å². The maximum absolute atomic E-state index is 4.52. The summed E-state index contributed by atoms with van der Waals surface area (Å²) in [6, 6.07) is 8.61. The van der Waals surface area contributed by atoms with Crippen LogP contribution in [0.4, 0.5) is 11.6 Å². The average molecular weight is 282 g/mol. The molecular formula is C17H22N4. The molecule has 0 atom stereocenters. The zero-order valence-electron chi connectivity index (χ0n) is 13.0. The summed E-state index contributed by atoms with van der Waals surface area (Å²) in [5.41, 5.74) is 5.05. The van der Waals surface area contributed by atoms with E-state index in [0.717, 1.165) is 37.8 Å². The van der Waals surface area contributed by atoms with Crippen LogP contribution in [0.15, 0.2) is 30.5 Å². The molecule has 1 aromatic carbocycles. The third-order valence-electron chi connectivity index (χ3n) is 4.05. The third-order valence-corrected chi connectivity index (χ3v) is 4.05. The SMILES string of the molecule is Cc1ccc(C)c(N2CCN(c3nccc(C)n3)CC2)c1. The van der Waals surface area contributed by atoms with Crippen molar-refractivity contribution < 1.29 is 0 Å². The van der Waals surface area contributed by atoms with Gasteiger partial charge < -0.3 is 9.80 Å². The lowest BCUT2D eigenvalue weighted by Gasteiger charge is -2.37. The Morgan fingerprint density at radius 2 is 1.62 bits per heavy atom. The highest BCUT2D eigenvalue weighted by molar-refractivity contribution is 5.56. The van der Waals surface area contributed by atoms with Gasteiger partial charge in [0.15, 0.2) is 0 Å². The van der Waals surface area contributed by atoms with Crippen LogP contribution in [0.5, 0.6) is 0 Å².